The van der Waals surface area contributed by atoms with Gasteiger partial charge in [-0.1, -0.05) is 36.4 Å². The molecule has 0 saturated heterocycles. The Morgan fingerprint density at radius 1 is 1.05 bits per heavy atom. The molecule has 0 spiro atoms. The second kappa shape index (κ2) is 10.1. The number of fused-ring (bicyclic) bond motifs is 1. The van der Waals surface area contributed by atoms with Crippen molar-refractivity contribution in [3.05, 3.63) is 106 Å². The molecule has 190 valence electrons. The lowest BCUT2D eigenvalue weighted by Gasteiger charge is -2.13. The van der Waals surface area contributed by atoms with Crippen molar-refractivity contribution >= 4 is 28.2 Å². The van der Waals surface area contributed by atoms with E-state index in [0.717, 1.165) is 16.8 Å². The van der Waals surface area contributed by atoms with Crippen molar-refractivity contribution in [1.82, 2.24) is 14.8 Å². The lowest BCUT2D eigenvalue weighted by molar-refractivity contribution is -0.384. The summed E-state index contributed by atoms with van der Waals surface area (Å²) in [6, 6.07) is 20.7. The van der Waals surface area contributed by atoms with Crippen molar-refractivity contribution in [3.8, 4) is 22.8 Å². The highest BCUT2D eigenvalue weighted by molar-refractivity contribution is 6.13. The maximum Gasteiger partial charge on any atom is 0.275 e. The number of nitro benzene ring substituents is 1. The molecule has 0 saturated carbocycles. The number of carbonyl (C=O) groups is 1. The van der Waals surface area contributed by atoms with E-state index in [1.807, 2.05) is 67.9 Å². The number of nitro groups is 1. The van der Waals surface area contributed by atoms with Crippen LogP contribution >= 0.6 is 0 Å². The average molecular weight is 508 g/mol. The number of pyridine rings is 1. The van der Waals surface area contributed by atoms with Crippen LogP contribution in [0.4, 0.5) is 11.4 Å². The van der Waals surface area contributed by atoms with Crippen LogP contribution in [-0.4, -0.2) is 25.6 Å². The summed E-state index contributed by atoms with van der Waals surface area (Å²) in [5.41, 5.74) is 4.35. The van der Waals surface area contributed by atoms with Crippen molar-refractivity contribution in [3.63, 3.8) is 0 Å². The molecule has 0 aliphatic heterocycles. The number of hydrogen-bond acceptors (Lipinski definition) is 6. The van der Waals surface area contributed by atoms with Gasteiger partial charge in [0.05, 0.1) is 39.6 Å². The van der Waals surface area contributed by atoms with E-state index < -0.39 is 10.8 Å². The zero-order valence-corrected chi connectivity index (χ0v) is 21.1. The van der Waals surface area contributed by atoms with Crippen LogP contribution in [0.2, 0.25) is 0 Å². The Hall–Kier alpha value is -5.05. The summed E-state index contributed by atoms with van der Waals surface area (Å²) in [4.78, 5) is 29.5. The molecule has 5 rings (SSSR count). The maximum absolute atomic E-state index is 13.6. The number of nitrogens with one attached hydrogen (secondary N) is 1. The van der Waals surface area contributed by atoms with Crippen molar-refractivity contribution < 1.29 is 14.5 Å². The van der Waals surface area contributed by atoms with Crippen molar-refractivity contribution in [1.29, 1.82) is 0 Å². The van der Waals surface area contributed by atoms with Crippen LogP contribution < -0.4 is 10.1 Å². The van der Waals surface area contributed by atoms with Gasteiger partial charge in [-0.15, -0.1) is 0 Å². The topological polar surface area (TPSA) is 112 Å². The lowest BCUT2D eigenvalue weighted by Crippen LogP contribution is -2.13. The molecule has 2 aromatic heterocycles. The zero-order chi connectivity index (χ0) is 26.8. The Kier molecular flexibility index (Phi) is 6.57. The number of para-hydroxylation sites is 2. The van der Waals surface area contributed by atoms with Gasteiger partial charge in [-0.25, -0.2) is 4.98 Å². The number of benzene rings is 3. The summed E-state index contributed by atoms with van der Waals surface area (Å²) in [7, 11) is 0. The fourth-order valence-corrected chi connectivity index (χ4v) is 4.33. The third-order valence-corrected chi connectivity index (χ3v) is 6.32. The largest absolute Gasteiger partial charge is 0.457 e. The molecular formula is C29H25N5O4. The van der Waals surface area contributed by atoms with Crippen molar-refractivity contribution in [2.24, 2.45) is 0 Å². The summed E-state index contributed by atoms with van der Waals surface area (Å²) in [5.74, 6) is 0.387. The van der Waals surface area contributed by atoms with Crippen LogP contribution in [0.3, 0.4) is 0 Å². The number of amides is 1. The number of ether oxygens (including phenoxy) is 1. The first-order valence-electron chi connectivity index (χ1n) is 12.1. The average Bonchev–Trinajstić information content (AvgIpc) is 3.29. The minimum absolute atomic E-state index is 0.200. The van der Waals surface area contributed by atoms with Crippen molar-refractivity contribution in [2.75, 3.05) is 5.32 Å². The molecule has 0 radical (unpaired) electrons. The zero-order valence-electron chi connectivity index (χ0n) is 21.1. The fraction of sp³-hybridized carbons (Fsp3) is 0.138. The van der Waals surface area contributed by atoms with Crippen LogP contribution in [-0.2, 0) is 6.54 Å². The molecule has 0 fully saturated rings. The smallest absolute Gasteiger partial charge is 0.275 e. The minimum Gasteiger partial charge on any atom is -0.457 e. The molecule has 0 atom stereocenters. The molecule has 0 aliphatic rings. The third kappa shape index (κ3) is 4.81. The van der Waals surface area contributed by atoms with Crippen LogP contribution in [0.5, 0.6) is 11.5 Å². The summed E-state index contributed by atoms with van der Waals surface area (Å²) in [5, 5.41) is 19.5. The standard InChI is InChI=1S/C29H25N5O4/c1-4-33-19(3)25(17-30-33)27-16-24(23-10-6-7-11-26(23)32-27)29(35)31-20-13-21(34(36)37)15-22(14-20)38-28-12-8-5-9-18(28)2/h5-17H,4H2,1-3H3,(H,31,35). The monoisotopic (exact) mass is 507 g/mol. The van der Waals surface area contributed by atoms with E-state index in [-0.39, 0.29) is 17.1 Å². The van der Waals surface area contributed by atoms with Gasteiger partial charge in [0.25, 0.3) is 11.6 Å². The van der Waals surface area contributed by atoms with Gasteiger partial charge in [0, 0.05) is 35.3 Å². The third-order valence-electron chi connectivity index (χ3n) is 6.32. The predicted octanol–water partition coefficient (Wildman–Crippen LogP) is 6.69. The number of carbonyl (C=O) groups excluding carboxylic acids is 1. The summed E-state index contributed by atoms with van der Waals surface area (Å²) < 4.78 is 7.79. The van der Waals surface area contributed by atoms with E-state index in [4.69, 9.17) is 9.72 Å². The number of nitrogens with zero attached hydrogens (tertiary/aromatic N) is 4. The second-order valence-electron chi connectivity index (χ2n) is 8.83. The molecule has 0 bridgehead atoms. The highest BCUT2D eigenvalue weighted by Crippen LogP contribution is 2.32. The molecule has 0 aliphatic carbocycles. The van der Waals surface area contributed by atoms with Gasteiger partial charge in [0.1, 0.15) is 11.5 Å². The van der Waals surface area contributed by atoms with Gasteiger partial charge < -0.3 is 10.1 Å². The molecule has 1 amide bonds. The first-order chi connectivity index (χ1) is 18.3. The first kappa shape index (κ1) is 24.6. The van der Waals surface area contributed by atoms with E-state index >= 15 is 0 Å². The van der Waals surface area contributed by atoms with Gasteiger partial charge in [-0.3, -0.25) is 19.6 Å². The van der Waals surface area contributed by atoms with Gasteiger partial charge in [-0.2, -0.15) is 5.10 Å². The van der Waals surface area contributed by atoms with E-state index in [1.165, 1.54) is 12.1 Å². The van der Waals surface area contributed by atoms with Crippen molar-refractivity contribution in [2.45, 2.75) is 27.3 Å². The number of aryl methyl sites for hydroxylation is 2. The van der Waals surface area contributed by atoms with Gasteiger partial charge in [-0.05, 0) is 44.5 Å². The summed E-state index contributed by atoms with van der Waals surface area (Å²) in [6.07, 6.45) is 1.74. The highest BCUT2D eigenvalue weighted by atomic mass is 16.6. The predicted molar refractivity (Wildman–Crippen MR) is 146 cm³/mol. The Labute approximate surface area is 218 Å². The molecule has 3 aromatic carbocycles. The van der Waals surface area contributed by atoms with Crippen LogP contribution in [0, 0.1) is 24.0 Å². The lowest BCUT2D eigenvalue weighted by atomic mass is 10.0. The Morgan fingerprint density at radius 2 is 1.82 bits per heavy atom. The number of hydrogen-bond donors (Lipinski definition) is 1. The molecule has 2 heterocycles. The van der Waals surface area contributed by atoms with E-state index in [0.29, 0.717) is 34.5 Å². The first-order valence-corrected chi connectivity index (χ1v) is 12.1. The van der Waals surface area contributed by atoms with Gasteiger partial charge in [0.15, 0.2) is 0 Å². The number of non-ortho nitro benzene ring substituents is 1. The maximum atomic E-state index is 13.6. The SMILES string of the molecule is CCn1ncc(-c2cc(C(=O)Nc3cc(Oc4ccccc4C)cc([N+](=O)[O-])c3)c3ccccc3n2)c1C. The number of aromatic nitrogens is 3. The molecule has 9 heteroatoms. The van der Waals surface area contributed by atoms with Crippen LogP contribution in [0.15, 0.2) is 79.0 Å². The fourth-order valence-electron chi connectivity index (χ4n) is 4.33. The molecular weight excluding hydrogens is 482 g/mol. The van der Waals surface area contributed by atoms with Crippen LogP contribution in [0.1, 0.15) is 28.5 Å². The number of rotatable bonds is 7. The van der Waals surface area contributed by atoms with Gasteiger partial charge >= 0.3 is 0 Å². The van der Waals surface area contributed by atoms with Crippen LogP contribution in [0.25, 0.3) is 22.2 Å². The molecule has 38 heavy (non-hydrogen) atoms. The second-order valence-corrected chi connectivity index (χ2v) is 8.83. The highest BCUT2D eigenvalue weighted by Gasteiger charge is 2.19. The minimum atomic E-state index is -0.519. The van der Waals surface area contributed by atoms with Gasteiger partial charge in [0.2, 0.25) is 0 Å². The summed E-state index contributed by atoms with van der Waals surface area (Å²) in [6.45, 7) is 6.56. The Balaban J connectivity index is 1.54. The number of anilines is 1. The quantitative estimate of drug-likeness (QED) is 0.194. The molecule has 1 N–H and O–H groups in total. The van der Waals surface area contributed by atoms with E-state index in [1.54, 1.807) is 24.4 Å². The summed E-state index contributed by atoms with van der Waals surface area (Å²) >= 11 is 0. The Morgan fingerprint density at radius 3 is 2.55 bits per heavy atom. The molecule has 5 aromatic rings. The normalized spacial score (nSPS) is 10.9. The Bertz CT molecular complexity index is 1690. The van der Waals surface area contributed by atoms with E-state index in [9.17, 15) is 14.9 Å². The molecule has 9 nitrogen and oxygen atoms in total. The molecule has 0 unspecified atom stereocenters. The van der Waals surface area contributed by atoms with E-state index in [2.05, 4.69) is 10.4 Å².